The summed E-state index contributed by atoms with van der Waals surface area (Å²) in [6.45, 7) is 0. The predicted molar refractivity (Wildman–Crippen MR) is 84.0 cm³/mol. The van der Waals surface area contributed by atoms with Gasteiger partial charge in [0.25, 0.3) is 5.84 Å². The van der Waals surface area contributed by atoms with Gasteiger partial charge in [0.2, 0.25) is 0 Å². The Kier molecular flexibility index (Phi) is 3.42. The molecule has 6 nitrogen and oxygen atoms in total. The Balaban J connectivity index is 2.18. The zero-order valence-electron chi connectivity index (χ0n) is 13.1. The maximum atomic E-state index is 9.94. The number of ether oxygens (including phenoxy) is 2. The molecular formula is C16H17N4O2S+. The second kappa shape index (κ2) is 4.97. The van der Waals surface area contributed by atoms with Crippen molar-refractivity contribution >= 4 is 17.6 Å². The van der Waals surface area contributed by atoms with Crippen LogP contribution in [0.2, 0.25) is 0 Å². The lowest BCUT2D eigenvalue weighted by Crippen LogP contribution is -2.90. The van der Waals surface area contributed by atoms with Crippen LogP contribution >= 0.6 is 11.8 Å². The molecule has 1 heterocycles. The van der Waals surface area contributed by atoms with Crippen molar-refractivity contribution in [3.8, 4) is 12.1 Å². The largest absolute Gasteiger partial charge is 0.342 e. The van der Waals surface area contributed by atoms with Gasteiger partial charge in [-0.05, 0) is 24.0 Å². The SMILES string of the molecule is COC1(OC)[NH+]=C(N)C2(C#N)C(c3ccc(SC)cc3)C12C#N. The fourth-order valence-corrected chi connectivity index (χ4v) is 4.32. The molecule has 3 N–H and O–H groups in total. The van der Waals surface area contributed by atoms with Crippen LogP contribution in [0.5, 0.6) is 0 Å². The smallest absolute Gasteiger partial charge is 0.317 e. The summed E-state index contributed by atoms with van der Waals surface area (Å²) >= 11 is 1.63. The van der Waals surface area contributed by atoms with Crippen molar-refractivity contribution in [2.75, 3.05) is 20.5 Å². The van der Waals surface area contributed by atoms with Crippen LogP contribution in [0.25, 0.3) is 0 Å². The monoisotopic (exact) mass is 329 g/mol. The van der Waals surface area contributed by atoms with Crippen molar-refractivity contribution in [1.82, 2.24) is 0 Å². The molecule has 0 bridgehead atoms. The summed E-state index contributed by atoms with van der Waals surface area (Å²) in [7, 11) is 2.87. The van der Waals surface area contributed by atoms with Crippen molar-refractivity contribution in [3.63, 3.8) is 0 Å². The number of hydrogen-bond donors (Lipinski definition) is 2. The maximum absolute atomic E-state index is 9.94. The molecular weight excluding hydrogens is 312 g/mol. The number of nitriles is 2. The van der Waals surface area contributed by atoms with Crippen molar-refractivity contribution in [3.05, 3.63) is 29.8 Å². The topological polar surface area (TPSA) is 106 Å². The van der Waals surface area contributed by atoms with Crippen LogP contribution < -0.4 is 10.7 Å². The number of hydrogen-bond acceptors (Lipinski definition) is 6. The van der Waals surface area contributed by atoms with E-state index >= 15 is 0 Å². The molecule has 3 unspecified atom stereocenters. The Bertz CT molecular complexity index is 760. The Morgan fingerprint density at radius 1 is 1.17 bits per heavy atom. The molecule has 2 aliphatic rings. The van der Waals surface area contributed by atoms with Crippen LogP contribution in [-0.2, 0) is 9.47 Å². The molecule has 118 valence electrons. The highest BCUT2D eigenvalue weighted by Gasteiger charge is 2.96. The molecule has 3 rings (SSSR count). The summed E-state index contributed by atoms with van der Waals surface area (Å²) < 4.78 is 11.0. The van der Waals surface area contributed by atoms with E-state index in [0.717, 1.165) is 10.5 Å². The zero-order valence-corrected chi connectivity index (χ0v) is 13.9. The Morgan fingerprint density at radius 2 is 1.78 bits per heavy atom. The molecule has 1 aromatic carbocycles. The van der Waals surface area contributed by atoms with Gasteiger partial charge >= 0.3 is 5.91 Å². The average molecular weight is 329 g/mol. The second-order valence-electron chi connectivity index (χ2n) is 5.61. The number of benzene rings is 1. The molecule has 0 amide bonds. The minimum atomic E-state index is -1.44. The van der Waals surface area contributed by atoms with Gasteiger partial charge in [-0.1, -0.05) is 12.1 Å². The summed E-state index contributed by atoms with van der Waals surface area (Å²) in [6.07, 6.45) is 1.99. The highest BCUT2D eigenvalue weighted by Crippen LogP contribution is 2.78. The van der Waals surface area contributed by atoms with Crippen molar-refractivity contribution in [2.24, 2.45) is 16.6 Å². The number of nitrogens with zero attached hydrogens (tertiary/aromatic N) is 2. The Morgan fingerprint density at radius 3 is 2.22 bits per heavy atom. The van der Waals surface area contributed by atoms with Gasteiger partial charge in [0.15, 0.2) is 10.8 Å². The second-order valence-corrected chi connectivity index (χ2v) is 6.49. The van der Waals surface area contributed by atoms with Crippen LogP contribution in [0.3, 0.4) is 0 Å². The highest BCUT2D eigenvalue weighted by atomic mass is 32.2. The van der Waals surface area contributed by atoms with Crippen LogP contribution in [0, 0.1) is 33.5 Å². The standard InChI is InChI=1S/C16H16N4O2S/c1-21-16(22-2)15(9-18)12(14(15,8-17)13(19)20-16)10-4-6-11(23-3)7-5-10/h4-7,12H,1-3H3,(H2,19,20)/p+1. The van der Waals surface area contributed by atoms with Crippen LogP contribution in [0.4, 0.5) is 0 Å². The van der Waals surface area contributed by atoms with E-state index < -0.39 is 22.7 Å². The van der Waals surface area contributed by atoms with Gasteiger partial charge in [-0.25, -0.2) is 4.99 Å². The first kappa shape index (κ1) is 15.8. The van der Waals surface area contributed by atoms with Crippen molar-refractivity contribution < 1.29 is 14.5 Å². The lowest BCUT2D eigenvalue weighted by Gasteiger charge is -2.26. The number of nitrogens with two attached hydrogens (primary N) is 1. The van der Waals surface area contributed by atoms with E-state index in [1.807, 2.05) is 30.5 Å². The lowest BCUT2D eigenvalue weighted by atomic mass is 9.93. The molecule has 0 aromatic heterocycles. The first-order valence-corrected chi connectivity index (χ1v) is 8.24. The number of methoxy groups -OCH3 is 2. The number of fused-ring (bicyclic) bond motifs is 1. The highest BCUT2D eigenvalue weighted by molar-refractivity contribution is 7.98. The summed E-state index contributed by atoms with van der Waals surface area (Å²) in [5.74, 6) is -1.64. The molecule has 0 saturated heterocycles. The Hall–Kier alpha value is -2.06. The molecule has 23 heavy (non-hydrogen) atoms. The van der Waals surface area contributed by atoms with Crippen LogP contribution in [-0.4, -0.2) is 32.2 Å². The third-order valence-corrected chi connectivity index (χ3v) is 5.77. The number of amidine groups is 1. The normalized spacial score (nSPS) is 33.3. The van der Waals surface area contributed by atoms with Crippen molar-refractivity contribution in [1.29, 1.82) is 10.5 Å². The molecule has 3 atom stereocenters. The zero-order chi connectivity index (χ0) is 16.9. The van der Waals surface area contributed by atoms with E-state index in [1.165, 1.54) is 14.2 Å². The summed E-state index contributed by atoms with van der Waals surface area (Å²) in [6, 6.07) is 12.3. The van der Waals surface area contributed by atoms with Gasteiger partial charge < -0.3 is 9.47 Å². The fourth-order valence-electron chi connectivity index (χ4n) is 3.91. The van der Waals surface area contributed by atoms with Gasteiger partial charge in [-0.2, -0.15) is 10.5 Å². The van der Waals surface area contributed by atoms with E-state index in [0.29, 0.717) is 0 Å². The molecule has 1 aliphatic heterocycles. The molecule has 1 fully saturated rings. The fraction of sp³-hybridized carbons (Fsp3) is 0.438. The van der Waals surface area contributed by atoms with Gasteiger partial charge in [-0.3, -0.25) is 5.73 Å². The first-order chi connectivity index (χ1) is 11.0. The number of rotatable bonds is 4. The average Bonchev–Trinajstić information content (AvgIpc) is 3.17. The summed E-state index contributed by atoms with van der Waals surface area (Å²) in [5.41, 5.74) is 4.57. The van der Waals surface area contributed by atoms with E-state index in [4.69, 9.17) is 15.2 Å². The quantitative estimate of drug-likeness (QED) is 0.591. The number of thioether (sulfide) groups is 1. The molecule has 7 heteroatoms. The third-order valence-electron chi connectivity index (χ3n) is 5.02. The van der Waals surface area contributed by atoms with Crippen LogP contribution in [0.1, 0.15) is 11.5 Å². The van der Waals surface area contributed by atoms with E-state index in [2.05, 4.69) is 17.1 Å². The lowest BCUT2D eigenvalue weighted by molar-refractivity contribution is -0.687. The van der Waals surface area contributed by atoms with Crippen molar-refractivity contribution in [2.45, 2.75) is 16.7 Å². The minimum absolute atomic E-state index is 0.212. The third kappa shape index (κ3) is 1.52. The molecule has 1 aromatic rings. The molecule has 0 radical (unpaired) electrons. The Labute approximate surface area is 138 Å². The summed E-state index contributed by atoms with van der Waals surface area (Å²) in [5, 5.41) is 19.8. The maximum Gasteiger partial charge on any atom is 0.342 e. The van der Waals surface area contributed by atoms with Gasteiger partial charge in [0, 0.05) is 25.0 Å². The van der Waals surface area contributed by atoms with Gasteiger partial charge in [0.1, 0.15) is 0 Å². The summed E-state index contributed by atoms with van der Waals surface area (Å²) in [4.78, 5) is 3.98. The predicted octanol–water partition coefficient (Wildman–Crippen LogP) is -0.0763. The van der Waals surface area contributed by atoms with Gasteiger partial charge in [-0.15, -0.1) is 11.8 Å². The first-order valence-electron chi connectivity index (χ1n) is 7.01. The molecule has 1 saturated carbocycles. The molecule has 1 aliphatic carbocycles. The molecule has 0 spiro atoms. The van der Waals surface area contributed by atoms with Crippen LogP contribution in [0.15, 0.2) is 29.2 Å². The van der Waals surface area contributed by atoms with E-state index in [1.54, 1.807) is 11.8 Å². The van der Waals surface area contributed by atoms with Gasteiger partial charge in [0.05, 0.1) is 12.1 Å². The van der Waals surface area contributed by atoms with E-state index in [9.17, 15) is 10.5 Å². The van der Waals surface area contributed by atoms with E-state index in [-0.39, 0.29) is 5.84 Å². The minimum Gasteiger partial charge on any atom is -0.317 e. The number of nitrogens with one attached hydrogen (secondary N) is 1.